The van der Waals surface area contributed by atoms with Gasteiger partial charge in [-0.1, -0.05) is 60.5 Å². The monoisotopic (exact) mass is 511 g/mol. The Bertz CT molecular complexity index is 902. The summed E-state index contributed by atoms with van der Waals surface area (Å²) in [6, 6.07) is 3.77. The number of anilines is 1. The first kappa shape index (κ1) is 30.7. The van der Waals surface area contributed by atoms with Crippen molar-refractivity contribution in [2.75, 3.05) is 19.1 Å². The number of aromatic nitrogens is 1. The van der Waals surface area contributed by atoms with Crippen LogP contribution in [0.5, 0.6) is 5.88 Å². The van der Waals surface area contributed by atoms with E-state index in [0.717, 1.165) is 29.3 Å². The van der Waals surface area contributed by atoms with E-state index in [4.69, 9.17) is 50.1 Å². The van der Waals surface area contributed by atoms with Gasteiger partial charge in [0, 0.05) is 36.3 Å². The van der Waals surface area contributed by atoms with E-state index < -0.39 is 0 Å². The van der Waals surface area contributed by atoms with Crippen LogP contribution in [0.1, 0.15) is 26.7 Å². The van der Waals surface area contributed by atoms with Gasteiger partial charge in [0.2, 0.25) is 5.88 Å². The number of rotatable bonds is 7. The van der Waals surface area contributed by atoms with Crippen LogP contribution in [0.4, 0.5) is 5.69 Å². The Morgan fingerprint density at radius 3 is 2.45 bits per heavy atom. The lowest BCUT2D eigenvalue weighted by atomic mass is 10.1. The van der Waals surface area contributed by atoms with Crippen LogP contribution in [-0.2, 0) is 4.79 Å². The molecule has 0 saturated heterocycles. The third kappa shape index (κ3) is 11.4. The highest BCUT2D eigenvalue weighted by molar-refractivity contribution is 6.44. The van der Waals surface area contributed by atoms with Gasteiger partial charge < -0.3 is 20.2 Å². The predicted molar refractivity (Wildman–Crippen MR) is 143 cm³/mol. The number of methoxy groups -OCH3 is 1. The first-order valence-corrected chi connectivity index (χ1v) is 11.3. The molecule has 2 N–H and O–H groups in total. The molecule has 1 aromatic rings. The Hall–Kier alpha value is -2.31. The molecule has 2 rings (SSSR count). The van der Waals surface area contributed by atoms with Gasteiger partial charge in [0.1, 0.15) is 6.79 Å². The molecule has 1 aliphatic carbocycles. The number of likely N-dealkylation sites (N-methyl/N-ethyl adjacent to an activating group) is 1. The molecule has 0 fully saturated rings. The normalized spacial score (nSPS) is 14.6. The number of hydrogen-bond acceptors (Lipinski definition) is 5. The maximum atomic E-state index is 8.00. The zero-order valence-corrected chi connectivity index (χ0v) is 21.8. The minimum absolute atomic E-state index is 0.0885. The summed E-state index contributed by atoms with van der Waals surface area (Å²) in [5.74, 6) is 0.617. The maximum absolute atomic E-state index is 8.00. The SMILES string of the molecule is C=C/C=C(Cl)\C(Cl)=C/C(C)N.C=O.CCC1=CCC(Cl)=CC=C1N(C)c1ccc(OC)nc1. The van der Waals surface area contributed by atoms with Crippen LogP contribution < -0.4 is 15.4 Å². The summed E-state index contributed by atoms with van der Waals surface area (Å²) >= 11 is 17.6. The summed E-state index contributed by atoms with van der Waals surface area (Å²) in [4.78, 5) is 14.4. The number of carbonyl (C=O) groups is 1. The van der Waals surface area contributed by atoms with Crippen molar-refractivity contribution in [3.63, 3.8) is 0 Å². The number of pyridine rings is 1. The highest BCUT2D eigenvalue weighted by atomic mass is 35.5. The highest BCUT2D eigenvalue weighted by Crippen LogP contribution is 2.28. The molecule has 180 valence electrons. The van der Waals surface area contributed by atoms with Gasteiger partial charge in [-0.15, -0.1) is 0 Å². The molecule has 0 spiro atoms. The van der Waals surface area contributed by atoms with Crippen LogP contribution >= 0.6 is 34.8 Å². The van der Waals surface area contributed by atoms with Crippen molar-refractivity contribution in [3.8, 4) is 5.88 Å². The summed E-state index contributed by atoms with van der Waals surface area (Å²) in [6.45, 7) is 9.46. The van der Waals surface area contributed by atoms with Crippen LogP contribution in [-0.4, -0.2) is 32.0 Å². The van der Waals surface area contributed by atoms with Crippen molar-refractivity contribution in [2.45, 2.75) is 32.7 Å². The molecule has 1 heterocycles. The molecular formula is C25H32Cl3N3O2. The number of carbonyl (C=O) groups excluding carboxylic acids is 1. The lowest BCUT2D eigenvalue weighted by Gasteiger charge is -2.24. The molecule has 1 unspecified atom stereocenters. The third-order valence-electron chi connectivity index (χ3n) is 4.26. The molecule has 0 saturated carbocycles. The Balaban J connectivity index is 0.000000673. The second-order valence-electron chi connectivity index (χ2n) is 6.69. The molecule has 5 nitrogen and oxygen atoms in total. The fraction of sp³-hybridized carbons (Fsp3) is 0.280. The molecule has 0 bridgehead atoms. The number of halogens is 3. The molecule has 0 radical (unpaired) electrons. The van der Waals surface area contributed by atoms with Gasteiger partial charge in [0.15, 0.2) is 0 Å². The third-order valence-corrected chi connectivity index (χ3v) is 5.29. The molecule has 0 amide bonds. The molecule has 1 aliphatic rings. The van der Waals surface area contributed by atoms with Gasteiger partial charge >= 0.3 is 0 Å². The van der Waals surface area contributed by atoms with Crippen LogP contribution in [0.3, 0.4) is 0 Å². The standard InChI is InChI=1S/C16H19ClN2O.C8H11Cl2N.CH2O/c1-4-12-5-6-13(17)7-9-15(12)19(2)14-8-10-16(20-3)18-11-14;1-3-4-7(9)8(10)5-6(2)11;1-2/h5,7-11H,4,6H2,1-3H3;3-6H,1,11H2,2H3;1H2/b;7-4+,8-5+;. The average molecular weight is 513 g/mol. The summed E-state index contributed by atoms with van der Waals surface area (Å²) in [5.41, 5.74) is 8.91. The first-order chi connectivity index (χ1) is 15.7. The van der Waals surface area contributed by atoms with Crippen molar-refractivity contribution in [1.82, 2.24) is 4.98 Å². The lowest BCUT2D eigenvalue weighted by molar-refractivity contribution is -0.0979. The van der Waals surface area contributed by atoms with Crippen LogP contribution in [0, 0.1) is 0 Å². The second-order valence-corrected chi connectivity index (χ2v) is 7.99. The smallest absolute Gasteiger partial charge is 0.213 e. The van der Waals surface area contributed by atoms with Gasteiger partial charge in [-0.05, 0) is 49.3 Å². The molecule has 0 aromatic carbocycles. The molecule has 33 heavy (non-hydrogen) atoms. The number of nitrogens with zero attached hydrogens (tertiary/aromatic N) is 2. The van der Waals surface area contributed by atoms with E-state index in [-0.39, 0.29) is 6.04 Å². The van der Waals surface area contributed by atoms with Crippen LogP contribution in [0.2, 0.25) is 0 Å². The quantitative estimate of drug-likeness (QED) is 0.404. The Kier molecular flexibility index (Phi) is 16.0. The highest BCUT2D eigenvalue weighted by Gasteiger charge is 2.13. The van der Waals surface area contributed by atoms with E-state index in [1.807, 2.05) is 45.2 Å². The topological polar surface area (TPSA) is 68.5 Å². The van der Waals surface area contributed by atoms with Crippen molar-refractivity contribution in [1.29, 1.82) is 0 Å². The van der Waals surface area contributed by atoms with Crippen LogP contribution in [0.15, 0.2) is 87.7 Å². The van der Waals surface area contributed by atoms with Crippen molar-refractivity contribution < 1.29 is 9.53 Å². The van der Waals surface area contributed by atoms with E-state index in [9.17, 15) is 0 Å². The largest absolute Gasteiger partial charge is 0.481 e. The zero-order valence-electron chi connectivity index (χ0n) is 19.5. The average Bonchev–Trinajstić information content (AvgIpc) is 3.01. The Labute approximate surface area is 212 Å². The number of nitrogens with two attached hydrogens (primary N) is 1. The molecule has 1 atom stereocenters. The van der Waals surface area contributed by atoms with Crippen LogP contribution in [0.25, 0.3) is 0 Å². The van der Waals surface area contributed by atoms with Gasteiger partial charge in [0.25, 0.3) is 0 Å². The molecule has 8 heteroatoms. The van der Waals surface area contributed by atoms with Crippen molar-refractivity contribution in [2.24, 2.45) is 5.73 Å². The predicted octanol–water partition coefficient (Wildman–Crippen LogP) is 6.85. The maximum Gasteiger partial charge on any atom is 0.213 e. The summed E-state index contributed by atoms with van der Waals surface area (Å²) in [5, 5.41) is 1.77. The minimum Gasteiger partial charge on any atom is -0.481 e. The van der Waals surface area contributed by atoms with Gasteiger partial charge in [-0.3, -0.25) is 0 Å². The summed E-state index contributed by atoms with van der Waals surface area (Å²) < 4.78 is 5.09. The number of allylic oxidation sites excluding steroid dienone is 9. The van der Waals surface area contributed by atoms with Gasteiger partial charge in [0.05, 0.1) is 29.1 Å². The van der Waals surface area contributed by atoms with E-state index in [2.05, 4.69) is 35.5 Å². The zero-order chi connectivity index (χ0) is 25.4. The van der Waals surface area contributed by atoms with Gasteiger partial charge in [-0.2, -0.15) is 0 Å². The second kappa shape index (κ2) is 17.2. The van der Waals surface area contributed by atoms with E-state index in [1.165, 1.54) is 5.57 Å². The number of hydrogen-bond donors (Lipinski definition) is 1. The van der Waals surface area contributed by atoms with E-state index in [1.54, 1.807) is 25.3 Å². The minimum atomic E-state index is -0.0885. The lowest BCUT2D eigenvalue weighted by Crippen LogP contribution is -2.18. The fourth-order valence-electron chi connectivity index (χ4n) is 2.65. The first-order valence-electron chi connectivity index (χ1n) is 10.1. The Morgan fingerprint density at radius 2 is 1.97 bits per heavy atom. The molecule has 1 aromatic heterocycles. The van der Waals surface area contributed by atoms with Gasteiger partial charge in [-0.25, -0.2) is 4.98 Å². The Morgan fingerprint density at radius 1 is 1.30 bits per heavy atom. The van der Waals surface area contributed by atoms with E-state index in [0.29, 0.717) is 15.9 Å². The molecule has 0 aliphatic heterocycles. The van der Waals surface area contributed by atoms with Crippen molar-refractivity contribution >= 4 is 47.3 Å². The summed E-state index contributed by atoms with van der Waals surface area (Å²) in [6.07, 6.45) is 14.6. The number of ether oxygens (including phenoxy) is 1. The molecular weight excluding hydrogens is 481 g/mol. The summed E-state index contributed by atoms with van der Waals surface area (Å²) in [7, 11) is 3.65. The fourth-order valence-corrected chi connectivity index (χ4v) is 3.20. The van der Waals surface area contributed by atoms with E-state index >= 15 is 0 Å². The van der Waals surface area contributed by atoms with Crippen molar-refractivity contribution in [3.05, 3.63) is 87.7 Å².